The first-order chi connectivity index (χ1) is 15.4. The van der Waals surface area contributed by atoms with Crippen molar-refractivity contribution in [3.63, 3.8) is 0 Å². The molecule has 0 saturated heterocycles. The van der Waals surface area contributed by atoms with Crippen molar-refractivity contribution in [3.8, 4) is 11.5 Å². The Bertz CT molecular complexity index is 1210. The standard InChI is InChI=1S/C23H24N2O5S2/c1-3-29-20-12-17-11-15(2)30-21(17)13-18(20)14-24-23(26)16-6-8-19(9-7-16)25-32(27,28)22-5-4-10-31-22/h4-10,12-13,15,25H,3,11,14H2,1-2H3,(H,24,26)/t15-/m1/s1. The Morgan fingerprint density at radius 2 is 2.00 bits per heavy atom. The molecule has 0 radical (unpaired) electrons. The molecule has 2 aromatic carbocycles. The van der Waals surface area contributed by atoms with Crippen molar-refractivity contribution in [1.29, 1.82) is 0 Å². The van der Waals surface area contributed by atoms with Crippen molar-refractivity contribution in [2.75, 3.05) is 11.3 Å². The Balaban J connectivity index is 1.42. The monoisotopic (exact) mass is 472 g/mol. The third-order valence-electron chi connectivity index (χ3n) is 4.98. The third-order valence-corrected chi connectivity index (χ3v) is 7.76. The fourth-order valence-corrected chi connectivity index (χ4v) is 5.55. The molecule has 32 heavy (non-hydrogen) atoms. The highest BCUT2D eigenvalue weighted by Gasteiger charge is 2.22. The van der Waals surface area contributed by atoms with Gasteiger partial charge in [-0.3, -0.25) is 9.52 Å². The number of nitrogens with one attached hydrogen (secondary N) is 2. The summed E-state index contributed by atoms with van der Waals surface area (Å²) in [4.78, 5) is 12.6. The van der Waals surface area contributed by atoms with Crippen molar-refractivity contribution in [2.24, 2.45) is 0 Å². The Kier molecular flexibility index (Phi) is 6.38. The summed E-state index contributed by atoms with van der Waals surface area (Å²) >= 11 is 1.14. The summed E-state index contributed by atoms with van der Waals surface area (Å²) in [6.07, 6.45) is 0.963. The van der Waals surface area contributed by atoms with Gasteiger partial charge in [0.1, 0.15) is 21.8 Å². The Hall–Kier alpha value is -3.04. The summed E-state index contributed by atoms with van der Waals surface area (Å²) in [5.41, 5.74) is 2.76. The van der Waals surface area contributed by atoms with Gasteiger partial charge in [0.05, 0.1) is 6.61 Å². The molecular formula is C23H24N2O5S2. The number of sulfonamides is 1. The number of benzene rings is 2. The van der Waals surface area contributed by atoms with Crippen molar-refractivity contribution in [1.82, 2.24) is 5.32 Å². The Labute approximate surface area is 191 Å². The van der Waals surface area contributed by atoms with Crippen LogP contribution in [0.1, 0.15) is 35.3 Å². The average molecular weight is 473 g/mol. The van der Waals surface area contributed by atoms with Gasteiger partial charge in [0.15, 0.2) is 0 Å². The van der Waals surface area contributed by atoms with E-state index in [2.05, 4.69) is 10.0 Å². The van der Waals surface area contributed by atoms with Crippen molar-refractivity contribution >= 4 is 33.0 Å². The number of rotatable bonds is 8. The van der Waals surface area contributed by atoms with E-state index in [1.165, 1.54) is 6.07 Å². The van der Waals surface area contributed by atoms with E-state index in [9.17, 15) is 13.2 Å². The first-order valence-corrected chi connectivity index (χ1v) is 12.6. The van der Waals surface area contributed by atoms with Gasteiger partial charge in [0, 0.05) is 35.3 Å². The van der Waals surface area contributed by atoms with Gasteiger partial charge < -0.3 is 14.8 Å². The van der Waals surface area contributed by atoms with Gasteiger partial charge in [-0.25, -0.2) is 8.42 Å². The molecule has 1 atom stereocenters. The number of thiophene rings is 1. The molecular weight excluding hydrogens is 448 g/mol. The van der Waals surface area contributed by atoms with E-state index in [0.717, 1.165) is 40.4 Å². The van der Waals surface area contributed by atoms with Crippen molar-refractivity contribution in [2.45, 2.75) is 37.1 Å². The normalized spacial score (nSPS) is 15.0. The number of fused-ring (bicyclic) bond motifs is 1. The fourth-order valence-electron chi connectivity index (χ4n) is 3.50. The molecule has 1 amide bonds. The third kappa shape index (κ3) is 4.89. The first-order valence-electron chi connectivity index (χ1n) is 10.3. The lowest BCUT2D eigenvalue weighted by molar-refractivity contribution is 0.0950. The van der Waals surface area contributed by atoms with Gasteiger partial charge in [-0.2, -0.15) is 0 Å². The lowest BCUT2D eigenvalue weighted by atomic mass is 10.1. The van der Waals surface area contributed by atoms with Crippen LogP contribution in [0.3, 0.4) is 0 Å². The van der Waals surface area contributed by atoms with Gasteiger partial charge in [-0.1, -0.05) is 6.07 Å². The molecule has 0 unspecified atom stereocenters. The van der Waals surface area contributed by atoms with E-state index in [4.69, 9.17) is 9.47 Å². The highest BCUT2D eigenvalue weighted by molar-refractivity contribution is 7.94. The number of ether oxygens (including phenoxy) is 2. The predicted molar refractivity (Wildman–Crippen MR) is 124 cm³/mol. The molecule has 0 spiro atoms. The van der Waals surface area contributed by atoms with Gasteiger partial charge in [0.25, 0.3) is 15.9 Å². The molecule has 1 aromatic heterocycles. The van der Waals surface area contributed by atoms with E-state index >= 15 is 0 Å². The second-order valence-electron chi connectivity index (χ2n) is 7.43. The summed E-state index contributed by atoms with van der Waals surface area (Å²) in [5.74, 6) is 1.30. The molecule has 9 heteroatoms. The molecule has 1 aliphatic rings. The van der Waals surface area contributed by atoms with Crippen LogP contribution >= 0.6 is 11.3 Å². The SMILES string of the molecule is CCOc1cc2c(cc1CNC(=O)c1ccc(NS(=O)(=O)c3cccs3)cc1)O[C@H](C)C2. The number of carbonyl (C=O) groups excluding carboxylic acids is 1. The van der Waals surface area contributed by atoms with Crippen LogP contribution in [0.4, 0.5) is 5.69 Å². The highest BCUT2D eigenvalue weighted by atomic mass is 32.2. The summed E-state index contributed by atoms with van der Waals surface area (Å²) in [6.45, 7) is 4.75. The molecule has 7 nitrogen and oxygen atoms in total. The highest BCUT2D eigenvalue weighted by Crippen LogP contribution is 2.35. The number of hydrogen-bond donors (Lipinski definition) is 2. The smallest absolute Gasteiger partial charge is 0.271 e. The predicted octanol–water partition coefficient (Wildman–Crippen LogP) is 4.20. The van der Waals surface area contributed by atoms with Crippen LogP contribution in [0.5, 0.6) is 11.5 Å². The van der Waals surface area contributed by atoms with Gasteiger partial charge in [-0.15, -0.1) is 11.3 Å². The fraction of sp³-hybridized carbons (Fsp3) is 0.261. The number of hydrogen-bond acceptors (Lipinski definition) is 6. The minimum absolute atomic E-state index is 0.125. The van der Waals surface area contributed by atoms with E-state index in [0.29, 0.717) is 17.9 Å². The molecule has 0 aliphatic carbocycles. The van der Waals surface area contributed by atoms with Crippen molar-refractivity contribution < 1.29 is 22.7 Å². The molecule has 1 aliphatic heterocycles. The minimum atomic E-state index is -3.63. The van der Waals surface area contributed by atoms with Gasteiger partial charge in [0.2, 0.25) is 0 Å². The number of anilines is 1. The zero-order valence-electron chi connectivity index (χ0n) is 17.8. The molecule has 2 heterocycles. The summed E-state index contributed by atoms with van der Waals surface area (Å²) in [5, 5.41) is 4.60. The van der Waals surface area contributed by atoms with E-state index in [1.807, 2.05) is 26.0 Å². The molecule has 0 saturated carbocycles. The second kappa shape index (κ2) is 9.22. The quantitative estimate of drug-likeness (QED) is 0.512. The molecule has 0 fully saturated rings. The topological polar surface area (TPSA) is 93.7 Å². The lowest BCUT2D eigenvalue weighted by Crippen LogP contribution is -2.23. The number of amides is 1. The van der Waals surface area contributed by atoms with Crippen LogP contribution in [0.2, 0.25) is 0 Å². The summed E-state index contributed by atoms with van der Waals surface area (Å²) < 4.78 is 39.0. The molecule has 168 valence electrons. The van der Waals surface area contributed by atoms with E-state index in [-0.39, 0.29) is 22.8 Å². The average Bonchev–Trinajstić information content (AvgIpc) is 3.42. The molecule has 0 bridgehead atoms. The maximum Gasteiger partial charge on any atom is 0.271 e. The maximum absolute atomic E-state index is 12.6. The van der Waals surface area contributed by atoms with E-state index in [1.54, 1.807) is 35.7 Å². The van der Waals surface area contributed by atoms with E-state index < -0.39 is 10.0 Å². The van der Waals surface area contributed by atoms with Gasteiger partial charge in [-0.05, 0) is 61.7 Å². The molecule has 2 N–H and O–H groups in total. The summed E-state index contributed by atoms with van der Waals surface area (Å²) in [6, 6.07) is 13.4. The van der Waals surface area contributed by atoms with Crippen LogP contribution in [0.15, 0.2) is 58.1 Å². The molecule has 3 aromatic rings. The number of carbonyl (C=O) groups is 1. The second-order valence-corrected chi connectivity index (χ2v) is 10.3. The van der Waals surface area contributed by atoms with Crippen molar-refractivity contribution in [3.05, 3.63) is 70.6 Å². The summed E-state index contributed by atoms with van der Waals surface area (Å²) in [7, 11) is -3.63. The Morgan fingerprint density at radius 1 is 1.22 bits per heavy atom. The van der Waals surface area contributed by atoms with Gasteiger partial charge >= 0.3 is 0 Å². The van der Waals surface area contributed by atoms with Crippen LogP contribution in [0, 0.1) is 0 Å². The van der Waals surface area contributed by atoms with Crippen LogP contribution < -0.4 is 19.5 Å². The maximum atomic E-state index is 12.6. The largest absolute Gasteiger partial charge is 0.494 e. The van der Waals surface area contributed by atoms with Crippen LogP contribution in [-0.2, 0) is 23.0 Å². The van der Waals surface area contributed by atoms with Crippen LogP contribution in [-0.4, -0.2) is 27.0 Å². The molecule has 4 rings (SSSR count). The van der Waals surface area contributed by atoms with Crippen LogP contribution in [0.25, 0.3) is 0 Å². The lowest BCUT2D eigenvalue weighted by Gasteiger charge is -2.13. The zero-order valence-corrected chi connectivity index (χ0v) is 19.4. The zero-order chi connectivity index (χ0) is 22.7. The minimum Gasteiger partial charge on any atom is -0.494 e. The first kappa shape index (κ1) is 22.2. The Morgan fingerprint density at radius 3 is 2.69 bits per heavy atom.